The summed E-state index contributed by atoms with van der Waals surface area (Å²) in [7, 11) is 0. The fourth-order valence-corrected chi connectivity index (χ4v) is 4.87. The van der Waals surface area contributed by atoms with Gasteiger partial charge >= 0.3 is 0 Å². The zero-order chi connectivity index (χ0) is 19.6. The van der Waals surface area contributed by atoms with Crippen LogP contribution in [0, 0.1) is 0 Å². The van der Waals surface area contributed by atoms with Crippen LogP contribution in [0.1, 0.15) is 39.6 Å². The van der Waals surface area contributed by atoms with E-state index in [1.165, 1.54) is 11.1 Å². The van der Waals surface area contributed by atoms with Crippen LogP contribution in [0.3, 0.4) is 0 Å². The number of hydrogen-bond acceptors (Lipinski definition) is 3. The number of rotatable bonds is 5. The number of nitrogens with one attached hydrogen (secondary N) is 1. The molecular weight excluding hydrogens is 378 g/mol. The molecule has 1 unspecified atom stereocenters. The summed E-state index contributed by atoms with van der Waals surface area (Å²) in [5.41, 5.74) is 5.25. The molecule has 29 heavy (non-hydrogen) atoms. The number of pyridine rings is 1. The molecule has 1 N–H and O–H groups in total. The van der Waals surface area contributed by atoms with Crippen LogP contribution in [0.4, 0.5) is 0 Å². The predicted octanol–water partition coefficient (Wildman–Crippen LogP) is 5.04. The van der Waals surface area contributed by atoms with Gasteiger partial charge in [-0.15, -0.1) is 11.8 Å². The number of thioether (sulfide) groups is 1. The predicted molar refractivity (Wildman–Crippen MR) is 116 cm³/mol. The van der Waals surface area contributed by atoms with Crippen molar-refractivity contribution >= 4 is 23.3 Å². The third-order valence-electron chi connectivity index (χ3n) is 5.36. The van der Waals surface area contributed by atoms with Crippen LogP contribution in [-0.4, -0.2) is 15.3 Å². The maximum Gasteiger partial charge on any atom is 0.252 e. The van der Waals surface area contributed by atoms with Gasteiger partial charge in [0.05, 0.1) is 17.3 Å². The summed E-state index contributed by atoms with van der Waals surface area (Å²) in [6.45, 7) is 0. The lowest BCUT2D eigenvalue weighted by Crippen LogP contribution is -2.27. The highest BCUT2D eigenvalue weighted by Gasteiger charge is 2.24. The molecule has 0 saturated heterocycles. The molecule has 1 aliphatic carbocycles. The van der Waals surface area contributed by atoms with E-state index in [1.54, 1.807) is 11.8 Å². The molecule has 0 radical (unpaired) electrons. The standard InChI is InChI=1S/C24H21N3OS/c28-24(26-21-13-12-17-7-1-2-8-19(17)21)20-9-3-4-10-22(20)29-16-18-15-27-14-6-5-11-23(27)25-18/h1-11,14-15,21H,12-13,16H2,(H,26,28). The van der Waals surface area contributed by atoms with E-state index in [9.17, 15) is 4.79 Å². The lowest BCUT2D eigenvalue weighted by Gasteiger charge is -2.15. The zero-order valence-electron chi connectivity index (χ0n) is 15.9. The quantitative estimate of drug-likeness (QED) is 0.478. The number of benzene rings is 2. The maximum absolute atomic E-state index is 13.0. The van der Waals surface area contributed by atoms with Crippen molar-refractivity contribution in [2.45, 2.75) is 29.5 Å². The van der Waals surface area contributed by atoms with Crippen molar-refractivity contribution < 1.29 is 4.79 Å². The van der Waals surface area contributed by atoms with Crippen LogP contribution < -0.4 is 5.32 Å². The Morgan fingerprint density at radius 1 is 1.07 bits per heavy atom. The highest BCUT2D eigenvalue weighted by molar-refractivity contribution is 7.98. The van der Waals surface area contributed by atoms with Gasteiger partial charge in [0.15, 0.2) is 0 Å². The number of fused-ring (bicyclic) bond motifs is 2. The number of amides is 1. The smallest absolute Gasteiger partial charge is 0.252 e. The van der Waals surface area contributed by atoms with E-state index in [0.717, 1.165) is 40.4 Å². The van der Waals surface area contributed by atoms with E-state index in [4.69, 9.17) is 0 Å². The molecule has 0 saturated carbocycles. The van der Waals surface area contributed by atoms with E-state index in [0.29, 0.717) is 0 Å². The Balaban J connectivity index is 1.32. The molecule has 1 atom stereocenters. The molecule has 2 aromatic heterocycles. The topological polar surface area (TPSA) is 46.4 Å². The maximum atomic E-state index is 13.0. The second kappa shape index (κ2) is 7.76. The van der Waals surface area contributed by atoms with Gasteiger partial charge in [-0.2, -0.15) is 0 Å². The van der Waals surface area contributed by atoms with Gasteiger partial charge in [-0.05, 0) is 48.2 Å². The van der Waals surface area contributed by atoms with Crippen molar-refractivity contribution in [3.8, 4) is 0 Å². The molecule has 4 nitrogen and oxygen atoms in total. The molecule has 2 heterocycles. The van der Waals surface area contributed by atoms with E-state index in [1.807, 2.05) is 65.3 Å². The first-order chi connectivity index (χ1) is 14.3. The van der Waals surface area contributed by atoms with Crippen molar-refractivity contribution in [3.05, 3.63) is 102 Å². The molecule has 0 fully saturated rings. The van der Waals surface area contributed by atoms with E-state index < -0.39 is 0 Å². The van der Waals surface area contributed by atoms with Crippen LogP contribution in [0.15, 0.2) is 84.0 Å². The fraction of sp³-hybridized carbons (Fsp3) is 0.167. The van der Waals surface area contributed by atoms with Gasteiger partial charge in [0.1, 0.15) is 5.65 Å². The monoisotopic (exact) mass is 399 g/mol. The highest BCUT2D eigenvalue weighted by Crippen LogP contribution is 2.32. The summed E-state index contributed by atoms with van der Waals surface area (Å²) in [4.78, 5) is 18.7. The molecule has 0 spiro atoms. The Bertz CT molecular complexity index is 1150. The van der Waals surface area contributed by atoms with Crippen LogP contribution >= 0.6 is 11.8 Å². The molecule has 144 valence electrons. The minimum atomic E-state index is -0.00944. The Morgan fingerprint density at radius 2 is 1.90 bits per heavy atom. The molecule has 0 aliphatic heterocycles. The number of hydrogen-bond donors (Lipinski definition) is 1. The van der Waals surface area contributed by atoms with Crippen molar-refractivity contribution in [2.24, 2.45) is 0 Å². The Morgan fingerprint density at radius 3 is 2.83 bits per heavy atom. The van der Waals surface area contributed by atoms with Gasteiger partial charge < -0.3 is 9.72 Å². The van der Waals surface area contributed by atoms with Gasteiger partial charge in [-0.3, -0.25) is 4.79 Å². The van der Waals surface area contributed by atoms with Crippen molar-refractivity contribution in [1.82, 2.24) is 14.7 Å². The van der Waals surface area contributed by atoms with Crippen LogP contribution in [-0.2, 0) is 12.2 Å². The van der Waals surface area contributed by atoms with E-state index in [-0.39, 0.29) is 11.9 Å². The van der Waals surface area contributed by atoms with Crippen molar-refractivity contribution in [2.75, 3.05) is 0 Å². The third-order valence-corrected chi connectivity index (χ3v) is 6.47. The number of carbonyl (C=O) groups excluding carboxylic acids is 1. The molecule has 4 aromatic rings. The van der Waals surface area contributed by atoms with Gasteiger partial charge in [-0.1, -0.05) is 42.5 Å². The van der Waals surface area contributed by atoms with Crippen molar-refractivity contribution in [3.63, 3.8) is 0 Å². The Labute approximate surface area is 174 Å². The number of imidazole rings is 1. The Hall–Kier alpha value is -3.05. The average Bonchev–Trinajstić information content (AvgIpc) is 3.36. The zero-order valence-corrected chi connectivity index (χ0v) is 16.7. The van der Waals surface area contributed by atoms with Crippen LogP contribution in [0.25, 0.3) is 5.65 Å². The molecular formula is C24H21N3OS. The first kappa shape index (κ1) is 18.0. The molecule has 5 rings (SSSR count). The number of aromatic nitrogens is 2. The lowest BCUT2D eigenvalue weighted by molar-refractivity contribution is 0.0934. The average molecular weight is 400 g/mol. The summed E-state index contributed by atoms with van der Waals surface area (Å²) in [6, 6.07) is 22.3. The van der Waals surface area contributed by atoms with Gasteiger partial charge in [0, 0.05) is 23.0 Å². The van der Waals surface area contributed by atoms with Gasteiger partial charge in [-0.25, -0.2) is 4.98 Å². The molecule has 2 aromatic carbocycles. The number of nitrogens with zero attached hydrogens (tertiary/aromatic N) is 2. The largest absolute Gasteiger partial charge is 0.345 e. The third kappa shape index (κ3) is 3.66. The highest BCUT2D eigenvalue weighted by atomic mass is 32.2. The first-order valence-electron chi connectivity index (χ1n) is 9.81. The van der Waals surface area contributed by atoms with Gasteiger partial charge in [0.2, 0.25) is 0 Å². The molecule has 5 heteroatoms. The summed E-state index contributed by atoms with van der Waals surface area (Å²) >= 11 is 1.65. The van der Waals surface area contributed by atoms with E-state index in [2.05, 4.69) is 28.5 Å². The van der Waals surface area contributed by atoms with Crippen molar-refractivity contribution in [1.29, 1.82) is 0 Å². The molecule has 1 amide bonds. The summed E-state index contributed by atoms with van der Waals surface area (Å²) in [5.74, 6) is 0.711. The van der Waals surface area contributed by atoms with Crippen LogP contribution in [0.2, 0.25) is 0 Å². The Kier molecular flexibility index (Phi) is 4.82. The normalized spacial score (nSPS) is 15.4. The minimum absolute atomic E-state index is 0.00944. The fourth-order valence-electron chi connectivity index (χ4n) is 3.93. The second-order valence-corrected chi connectivity index (χ2v) is 8.26. The summed E-state index contributed by atoms with van der Waals surface area (Å²) in [6.07, 6.45) is 6.02. The first-order valence-corrected chi connectivity index (χ1v) is 10.8. The second-order valence-electron chi connectivity index (χ2n) is 7.25. The number of aryl methyl sites for hydroxylation is 1. The molecule has 1 aliphatic rings. The SMILES string of the molecule is O=C(NC1CCc2ccccc21)c1ccccc1SCc1cn2ccccc2n1. The van der Waals surface area contributed by atoms with E-state index >= 15 is 0 Å². The summed E-state index contributed by atoms with van der Waals surface area (Å²) < 4.78 is 2.02. The minimum Gasteiger partial charge on any atom is -0.345 e. The molecule has 0 bridgehead atoms. The van der Waals surface area contributed by atoms with Gasteiger partial charge in [0.25, 0.3) is 5.91 Å². The lowest BCUT2D eigenvalue weighted by atomic mass is 10.1. The van der Waals surface area contributed by atoms with Crippen LogP contribution in [0.5, 0.6) is 0 Å². The number of carbonyl (C=O) groups is 1. The summed E-state index contributed by atoms with van der Waals surface area (Å²) in [5, 5.41) is 3.24.